The van der Waals surface area contributed by atoms with Crippen LogP contribution in [0.3, 0.4) is 0 Å². The first-order valence-corrected chi connectivity index (χ1v) is 7.07. The Bertz CT molecular complexity index is 740. The van der Waals surface area contributed by atoms with Crippen LogP contribution >= 0.6 is 0 Å². The fourth-order valence-corrected chi connectivity index (χ4v) is 1.83. The van der Waals surface area contributed by atoms with Gasteiger partial charge in [-0.05, 0) is 43.3 Å². The summed E-state index contributed by atoms with van der Waals surface area (Å²) in [4.78, 5) is 21.4. The van der Waals surface area contributed by atoms with E-state index in [0.717, 1.165) is 11.4 Å². The molecular formula is C17H19N3O5. The number of ketones is 1. The lowest BCUT2D eigenvalue weighted by Crippen LogP contribution is -2.20. The Morgan fingerprint density at radius 2 is 1.68 bits per heavy atom. The minimum absolute atomic E-state index is 0.0277. The molecule has 0 atom stereocenters. The summed E-state index contributed by atoms with van der Waals surface area (Å²) < 4.78 is 4.96. The SMILES string of the molecule is CC(=O)c1cccc(C(=O)O)c1O.COc1ccc(NC(=N)N)cc1. The zero-order chi connectivity index (χ0) is 19.0. The van der Waals surface area contributed by atoms with E-state index < -0.39 is 11.7 Å². The highest BCUT2D eigenvalue weighted by atomic mass is 16.5. The summed E-state index contributed by atoms with van der Waals surface area (Å²) in [6.45, 7) is 1.26. The quantitative estimate of drug-likeness (QED) is 0.324. The molecule has 8 heteroatoms. The summed E-state index contributed by atoms with van der Waals surface area (Å²) in [6.07, 6.45) is 0. The molecule has 0 saturated carbocycles. The van der Waals surface area contributed by atoms with Gasteiger partial charge in [-0.3, -0.25) is 10.2 Å². The molecule has 0 amide bonds. The number of carbonyl (C=O) groups excluding carboxylic acids is 1. The maximum Gasteiger partial charge on any atom is 0.339 e. The fourth-order valence-electron chi connectivity index (χ4n) is 1.83. The van der Waals surface area contributed by atoms with Crippen LogP contribution in [0.25, 0.3) is 0 Å². The second-order valence-electron chi connectivity index (χ2n) is 4.83. The highest BCUT2D eigenvalue weighted by molar-refractivity contribution is 6.01. The predicted octanol–water partition coefficient (Wildman–Crippen LogP) is 2.29. The van der Waals surface area contributed by atoms with E-state index in [9.17, 15) is 14.7 Å². The molecule has 0 aromatic heterocycles. The maximum absolute atomic E-state index is 10.9. The minimum atomic E-state index is -1.25. The van der Waals surface area contributed by atoms with E-state index >= 15 is 0 Å². The van der Waals surface area contributed by atoms with Crippen molar-refractivity contribution in [3.8, 4) is 11.5 Å². The number of methoxy groups -OCH3 is 1. The molecule has 0 spiro atoms. The number of anilines is 1. The van der Waals surface area contributed by atoms with E-state index in [0.29, 0.717) is 0 Å². The smallest absolute Gasteiger partial charge is 0.339 e. The number of aromatic carboxylic acids is 1. The summed E-state index contributed by atoms with van der Waals surface area (Å²) in [7, 11) is 1.60. The van der Waals surface area contributed by atoms with Crippen LogP contribution in [-0.2, 0) is 0 Å². The van der Waals surface area contributed by atoms with E-state index in [1.54, 1.807) is 31.4 Å². The molecule has 2 rings (SSSR count). The Balaban J connectivity index is 0.000000251. The van der Waals surface area contributed by atoms with Crippen LogP contribution in [0.15, 0.2) is 42.5 Å². The molecule has 0 heterocycles. The number of carboxylic acids is 1. The molecule has 25 heavy (non-hydrogen) atoms. The Morgan fingerprint density at radius 1 is 1.12 bits per heavy atom. The lowest BCUT2D eigenvalue weighted by molar-refractivity contribution is 0.0693. The van der Waals surface area contributed by atoms with Crippen LogP contribution in [0, 0.1) is 5.41 Å². The largest absolute Gasteiger partial charge is 0.506 e. The molecule has 0 radical (unpaired) electrons. The van der Waals surface area contributed by atoms with Gasteiger partial charge in [0.1, 0.15) is 17.1 Å². The lowest BCUT2D eigenvalue weighted by atomic mass is 10.1. The van der Waals surface area contributed by atoms with Gasteiger partial charge in [0.25, 0.3) is 0 Å². The number of ether oxygens (including phenoxy) is 1. The van der Waals surface area contributed by atoms with Crippen molar-refractivity contribution >= 4 is 23.4 Å². The Kier molecular flexibility index (Phi) is 6.96. The molecule has 0 unspecified atom stereocenters. The third kappa shape index (κ3) is 5.87. The van der Waals surface area contributed by atoms with Gasteiger partial charge < -0.3 is 26.0 Å². The van der Waals surface area contributed by atoms with Gasteiger partial charge in [0.05, 0.1) is 12.7 Å². The molecule has 2 aromatic rings. The average Bonchev–Trinajstić information content (AvgIpc) is 2.55. The van der Waals surface area contributed by atoms with E-state index in [1.807, 2.05) is 0 Å². The van der Waals surface area contributed by atoms with Gasteiger partial charge in [0.15, 0.2) is 11.7 Å². The maximum atomic E-state index is 10.9. The zero-order valence-corrected chi connectivity index (χ0v) is 13.7. The van der Waals surface area contributed by atoms with E-state index in [-0.39, 0.29) is 22.9 Å². The number of hydrogen-bond donors (Lipinski definition) is 5. The Morgan fingerprint density at radius 3 is 2.12 bits per heavy atom. The number of carboxylic acid groups (broad SMARTS) is 1. The summed E-state index contributed by atoms with van der Waals surface area (Å²) in [5.74, 6) is -1.37. The van der Waals surface area contributed by atoms with Crippen molar-refractivity contribution in [2.45, 2.75) is 6.92 Å². The predicted molar refractivity (Wildman–Crippen MR) is 93.6 cm³/mol. The zero-order valence-electron chi connectivity index (χ0n) is 13.7. The summed E-state index contributed by atoms with van der Waals surface area (Å²) >= 11 is 0. The van der Waals surface area contributed by atoms with Crippen molar-refractivity contribution in [3.63, 3.8) is 0 Å². The normalized spacial score (nSPS) is 9.36. The molecular weight excluding hydrogens is 326 g/mol. The van der Waals surface area contributed by atoms with Crippen LogP contribution in [0.1, 0.15) is 27.6 Å². The first-order valence-electron chi connectivity index (χ1n) is 7.07. The second kappa shape index (κ2) is 8.92. The number of rotatable bonds is 4. The average molecular weight is 345 g/mol. The summed E-state index contributed by atoms with van der Waals surface area (Å²) in [5, 5.41) is 27.6. The number of nitrogens with two attached hydrogens (primary N) is 1. The monoisotopic (exact) mass is 345 g/mol. The molecule has 2 aromatic carbocycles. The number of Topliss-reactive ketones (excluding diaryl/α,β-unsaturated/α-hetero) is 1. The Labute approximate surface area is 144 Å². The number of hydrogen-bond acceptors (Lipinski definition) is 5. The highest BCUT2D eigenvalue weighted by Crippen LogP contribution is 2.22. The fraction of sp³-hybridized carbons (Fsp3) is 0.118. The van der Waals surface area contributed by atoms with Crippen molar-refractivity contribution in [2.75, 3.05) is 12.4 Å². The van der Waals surface area contributed by atoms with Crippen LogP contribution in [0.5, 0.6) is 11.5 Å². The third-order valence-electron chi connectivity index (χ3n) is 3.01. The molecule has 0 aliphatic carbocycles. The van der Waals surface area contributed by atoms with E-state index in [4.69, 9.17) is 21.0 Å². The first kappa shape index (κ1) is 19.5. The molecule has 0 saturated heterocycles. The molecule has 0 fully saturated rings. The molecule has 0 aliphatic heterocycles. The van der Waals surface area contributed by atoms with Gasteiger partial charge in [0, 0.05) is 5.69 Å². The topological polar surface area (TPSA) is 146 Å². The number of benzene rings is 2. The number of phenols is 1. The van der Waals surface area contributed by atoms with Crippen molar-refractivity contribution in [1.29, 1.82) is 5.41 Å². The lowest BCUT2D eigenvalue weighted by Gasteiger charge is -2.04. The standard InChI is InChI=1S/C9H8O4.C8H11N3O/c1-5(10)6-3-2-4-7(8(6)11)9(12)13;1-12-7-4-2-6(3-5-7)11-8(9)10/h2-4,11H,1H3,(H,12,13);2-5H,1H3,(H4,9,10,11). The van der Waals surface area contributed by atoms with Gasteiger partial charge in [0.2, 0.25) is 0 Å². The number of carbonyl (C=O) groups is 2. The highest BCUT2D eigenvalue weighted by Gasteiger charge is 2.14. The van der Waals surface area contributed by atoms with Crippen molar-refractivity contribution in [2.24, 2.45) is 5.73 Å². The van der Waals surface area contributed by atoms with Gasteiger partial charge in [-0.1, -0.05) is 6.07 Å². The third-order valence-corrected chi connectivity index (χ3v) is 3.01. The Hall–Kier alpha value is -3.55. The van der Waals surface area contributed by atoms with Gasteiger partial charge >= 0.3 is 5.97 Å². The van der Waals surface area contributed by atoms with Crippen LogP contribution in [0.2, 0.25) is 0 Å². The van der Waals surface area contributed by atoms with E-state index in [2.05, 4.69) is 5.32 Å². The summed E-state index contributed by atoms with van der Waals surface area (Å²) in [5.41, 5.74) is 5.69. The van der Waals surface area contributed by atoms with Crippen molar-refractivity contribution < 1.29 is 24.5 Å². The minimum Gasteiger partial charge on any atom is -0.506 e. The van der Waals surface area contributed by atoms with Gasteiger partial charge in [-0.15, -0.1) is 0 Å². The molecule has 0 bridgehead atoms. The summed E-state index contributed by atoms with van der Waals surface area (Å²) in [6, 6.07) is 11.2. The van der Waals surface area contributed by atoms with Crippen LogP contribution < -0.4 is 15.8 Å². The number of aromatic hydroxyl groups is 1. The van der Waals surface area contributed by atoms with Crippen LogP contribution in [0.4, 0.5) is 5.69 Å². The van der Waals surface area contributed by atoms with Crippen molar-refractivity contribution in [3.05, 3.63) is 53.6 Å². The first-order chi connectivity index (χ1) is 11.8. The number of nitrogens with one attached hydrogen (secondary N) is 2. The number of guanidine groups is 1. The van der Waals surface area contributed by atoms with Crippen molar-refractivity contribution in [1.82, 2.24) is 0 Å². The molecule has 6 N–H and O–H groups in total. The van der Waals surface area contributed by atoms with E-state index in [1.165, 1.54) is 25.1 Å². The second-order valence-corrected chi connectivity index (χ2v) is 4.83. The molecule has 132 valence electrons. The van der Waals surface area contributed by atoms with Gasteiger partial charge in [-0.2, -0.15) is 0 Å². The molecule has 0 aliphatic rings. The van der Waals surface area contributed by atoms with Crippen LogP contribution in [-0.4, -0.2) is 35.0 Å². The van der Waals surface area contributed by atoms with Gasteiger partial charge in [-0.25, -0.2) is 4.79 Å². The number of para-hydroxylation sites is 1. The molecule has 8 nitrogen and oxygen atoms in total.